The van der Waals surface area contributed by atoms with Crippen LogP contribution in [0.15, 0.2) is 54.6 Å². The van der Waals surface area contributed by atoms with Gasteiger partial charge in [0.25, 0.3) is 5.91 Å². The summed E-state index contributed by atoms with van der Waals surface area (Å²) in [4.78, 5) is 54.5. The quantitative estimate of drug-likeness (QED) is 0.0662. The first kappa shape index (κ1) is 42.7. The number of ether oxygens (including phenoxy) is 5. The van der Waals surface area contributed by atoms with Gasteiger partial charge in [0.05, 0.1) is 19.6 Å². The lowest BCUT2D eigenvalue weighted by atomic mass is 9.87. The predicted octanol–water partition coefficient (Wildman–Crippen LogP) is 7.52. The minimum atomic E-state index is -1.39. The van der Waals surface area contributed by atoms with E-state index < -0.39 is 52.8 Å². The van der Waals surface area contributed by atoms with Crippen LogP contribution in [0.2, 0.25) is 0 Å². The molecule has 1 fully saturated rings. The summed E-state index contributed by atoms with van der Waals surface area (Å²) in [5.41, 5.74) is -0.225. The van der Waals surface area contributed by atoms with E-state index >= 15 is 8.78 Å². The van der Waals surface area contributed by atoms with Gasteiger partial charge < -0.3 is 28.6 Å². The molecule has 53 heavy (non-hydrogen) atoms. The van der Waals surface area contributed by atoms with Gasteiger partial charge in [-0.25, -0.2) is 18.4 Å². The Hall–Kier alpha value is -4.74. The van der Waals surface area contributed by atoms with Gasteiger partial charge in [0, 0.05) is 24.3 Å². The largest absolute Gasteiger partial charge is 0.493 e. The van der Waals surface area contributed by atoms with Gasteiger partial charge in [-0.15, -0.1) is 0 Å². The molecule has 12 heteroatoms. The van der Waals surface area contributed by atoms with Gasteiger partial charge in [0.15, 0.2) is 23.1 Å². The number of benzene rings is 2. The Kier molecular flexibility index (Phi) is 15.6. The molecule has 2 atom stereocenters. The van der Waals surface area contributed by atoms with Gasteiger partial charge in [-0.1, -0.05) is 46.4 Å². The highest BCUT2D eigenvalue weighted by Crippen LogP contribution is 2.35. The fourth-order valence-corrected chi connectivity index (χ4v) is 5.57. The van der Waals surface area contributed by atoms with Gasteiger partial charge in [-0.05, 0) is 87.1 Å². The summed E-state index contributed by atoms with van der Waals surface area (Å²) in [7, 11) is 3.00. The van der Waals surface area contributed by atoms with Crippen LogP contribution in [0.4, 0.5) is 8.78 Å². The molecule has 2 aromatic rings. The molecule has 290 valence electrons. The van der Waals surface area contributed by atoms with Crippen molar-refractivity contribution < 1.29 is 51.6 Å². The van der Waals surface area contributed by atoms with Crippen molar-refractivity contribution in [2.45, 2.75) is 85.8 Å². The molecule has 3 rings (SSSR count). The van der Waals surface area contributed by atoms with Gasteiger partial charge in [-0.2, -0.15) is 0 Å². The van der Waals surface area contributed by atoms with Crippen molar-refractivity contribution in [1.29, 1.82) is 0 Å². The molecule has 0 bridgehead atoms. The van der Waals surface area contributed by atoms with E-state index in [0.717, 1.165) is 22.6 Å². The number of hydrogen-bond acceptors (Lipinski definition) is 9. The van der Waals surface area contributed by atoms with Crippen molar-refractivity contribution in [2.75, 3.05) is 34.0 Å². The van der Waals surface area contributed by atoms with Crippen LogP contribution < -0.4 is 14.2 Å². The number of hydrogen-bond donors (Lipinski definition) is 0. The summed E-state index contributed by atoms with van der Waals surface area (Å²) in [5, 5.41) is 0. The average molecular weight is 742 g/mol. The van der Waals surface area contributed by atoms with Crippen LogP contribution in [0.1, 0.15) is 84.5 Å². The second kappa shape index (κ2) is 19.4. The molecule has 1 amide bonds. The fourth-order valence-electron chi connectivity index (χ4n) is 5.57. The van der Waals surface area contributed by atoms with Gasteiger partial charge >= 0.3 is 11.9 Å². The number of carbonyl (C=O) groups excluding carboxylic acids is 4. The highest BCUT2D eigenvalue weighted by molar-refractivity contribution is 6.38. The lowest BCUT2D eigenvalue weighted by molar-refractivity contribution is -0.165. The Bertz CT molecular complexity index is 1670. The number of halogens is 2. The summed E-state index contributed by atoms with van der Waals surface area (Å²) < 4.78 is 58.8. The molecule has 0 radical (unpaired) electrons. The Balaban J connectivity index is 1.91. The van der Waals surface area contributed by atoms with Crippen molar-refractivity contribution >= 4 is 23.6 Å². The van der Waals surface area contributed by atoms with E-state index in [9.17, 15) is 19.2 Å². The number of esters is 2. The van der Waals surface area contributed by atoms with Gasteiger partial charge in [0.1, 0.15) is 31.2 Å². The Labute approximate surface area is 311 Å². The van der Waals surface area contributed by atoms with E-state index in [-0.39, 0.29) is 62.2 Å². The molecule has 1 heterocycles. The lowest BCUT2D eigenvalue weighted by Gasteiger charge is -2.36. The summed E-state index contributed by atoms with van der Waals surface area (Å²) in [5.74, 6) is -4.24. The molecular weight excluding hydrogens is 688 g/mol. The van der Waals surface area contributed by atoms with Crippen molar-refractivity contribution in [3.05, 3.63) is 77.4 Å². The number of piperidine rings is 1. The molecule has 0 N–H and O–H groups in total. The molecule has 0 saturated carbocycles. The van der Waals surface area contributed by atoms with Gasteiger partial charge in [-0.3, -0.25) is 9.59 Å². The highest BCUT2D eigenvalue weighted by atomic mass is 19.1. The monoisotopic (exact) mass is 741 g/mol. The van der Waals surface area contributed by atoms with E-state index in [1.165, 1.54) is 34.1 Å². The zero-order chi connectivity index (χ0) is 39.5. The molecule has 10 nitrogen and oxygen atoms in total. The third-order valence-electron chi connectivity index (χ3n) is 9.05. The van der Waals surface area contributed by atoms with Crippen LogP contribution >= 0.6 is 0 Å². The normalized spacial score (nSPS) is 15.3. The van der Waals surface area contributed by atoms with Crippen molar-refractivity contribution in [1.82, 2.24) is 4.90 Å². The first-order chi connectivity index (χ1) is 25.0. The maximum absolute atomic E-state index is 16.2. The second-order valence-corrected chi connectivity index (χ2v) is 14.5. The molecule has 0 spiro atoms. The number of nitrogens with zero attached hydrogens (tertiary/aromatic N) is 1. The van der Waals surface area contributed by atoms with Crippen LogP contribution in [0.25, 0.3) is 0 Å². The highest BCUT2D eigenvalue weighted by Gasteiger charge is 2.42. The number of ketones is 1. The summed E-state index contributed by atoms with van der Waals surface area (Å²) in [6.07, 6.45) is 3.15. The van der Waals surface area contributed by atoms with Gasteiger partial charge in [0.2, 0.25) is 5.78 Å². The van der Waals surface area contributed by atoms with Crippen LogP contribution in [0.5, 0.6) is 17.2 Å². The standard InChI is InChI=1S/C41H53F2NO9/c1-25(2)13-18-36(45)52-24-41(6,7)38(46)39(47)44-19-11-10-12-31(44)40(48)53-32(16-14-28-15-17-33(49-8)34(20-28)50-9)30-21-29(42)22-35(37(30)43)51-23-27(5)26(3)4/h13,15,17-18,20-22,25-26,31-32H,5,10-12,14,16,19,23-24H2,1-4,6-9H3/t31-,32+/m0/s1. The number of methoxy groups -OCH3 is 2. The lowest BCUT2D eigenvalue weighted by Crippen LogP contribution is -2.53. The van der Waals surface area contributed by atoms with Crippen LogP contribution in [0, 0.1) is 28.9 Å². The smallest absolute Gasteiger partial charge is 0.330 e. The molecule has 1 saturated heterocycles. The Morgan fingerprint density at radius 2 is 1.68 bits per heavy atom. The van der Waals surface area contributed by atoms with E-state index in [0.29, 0.717) is 29.9 Å². The summed E-state index contributed by atoms with van der Waals surface area (Å²) in [6.45, 7) is 14.2. The van der Waals surface area contributed by atoms with E-state index in [2.05, 4.69) is 6.58 Å². The number of rotatable bonds is 18. The molecule has 0 aromatic heterocycles. The van der Waals surface area contributed by atoms with E-state index in [1.807, 2.05) is 27.7 Å². The van der Waals surface area contributed by atoms with Crippen molar-refractivity contribution in [3.8, 4) is 17.2 Å². The number of aryl methyl sites for hydroxylation is 1. The predicted molar refractivity (Wildman–Crippen MR) is 196 cm³/mol. The first-order valence-corrected chi connectivity index (χ1v) is 17.9. The Morgan fingerprint density at radius 1 is 0.981 bits per heavy atom. The molecule has 2 aromatic carbocycles. The van der Waals surface area contributed by atoms with Crippen molar-refractivity contribution in [3.63, 3.8) is 0 Å². The zero-order valence-electron chi connectivity index (χ0n) is 32.1. The number of likely N-dealkylation sites (tertiary alicyclic amines) is 1. The number of Topliss-reactive ketones (excluding diaryl/α,β-unsaturated/α-hetero) is 1. The number of carbonyl (C=O) groups is 4. The van der Waals surface area contributed by atoms with Crippen LogP contribution in [0.3, 0.4) is 0 Å². The van der Waals surface area contributed by atoms with Crippen LogP contribution in [-0.2, 0) is 35.1 Å². The summed E-state index contributed by atoms with van der Waals surface area (Å²) in [6, 6.07) is 5.93. The number of allylic oxidation sites excluding steroid dienone is 1. The third-order valence-corrected chi connectivity index (χ3v) is 9.05. The maximum Gasteiger partial charge on any atom is 0.330 e. The Morgan fingerprint density at radius 3 is 2.32 bits per heavy atom. The third kappa shape index (κ3) is 11.9. The molecule has 0 unspecified atom stereocenters. The minimum absolute atomic E-state index is 0.0169. The van der Waals surface area contributed by atoms with Crippen molar-refractivity contribution in [2.24, 2.45) is 17.3 Å². The second-order valence-electron chi connectivity index (χ2n) is 14.5. The maximum atomic E-state index is 16.2. The fraction of sp³-hybridized carbons (Fsp3) is 0.512. The van der Waals surface area contributed by atoms with Crippen LogP contribution in [-0.4, -0.2) is 68.5 Å². The summed E-state index contributed by atoms with van der Waals surface area (Å²) >= 11 is 0. The first-order valence-electron chi connectivity index (χ1n) is 17.9. The molecule has 1 aliphatic heterocycles. The molecule has 1 aliphatic rings. The zero-order valence-corrected chi connectivity index (χ0v) is 32.1. The topological polar surface area (TPSA) is 118 Å². The minimum Gasteiger partial charge on any atom is -0.493 e. The number of amides is 1. The SMILES string of the molecule is C=C(COc1cc(F)cc([C@@H](CCc2ccc(OC)c(OC)c2)OC(=O)[C@@H]2CCCCN2C(=O)C(=O)C(C)(C)COC(=O)C=CC(C)C)c1F)C(C)C. The van der Waals surface area contributed by atoms with E-state index in [1.54, 1.807) is 24.3 Å². The molecular formula is C41H53F2NO9. The molecule has 0 aliphatic carbocycles. The average Bonchev–Trinajstić information content (AvgIpc) is 3.13. The van der Waals surface area contributed by atoms with E-state index in [4.69, 9.17) is 23.7 Å².